The van der Waals surface area contributed by atoms with Crippen molar-refractivity contribution in [2.24, 2.45) is 0 Å². The molecule has 0 N–H and O–H groups in total. The molecule has 2 aromatic heterocycles. The minimum absolute atomic E-state index is 0.0137. The van der Waals surface area contributed by atoms with Crippen LogP contribution in [0.1, 0.15) is 5.69 Å². The quantitative estimate of drug-likeness (QED) is 0.609. The lowest BCUT2D eigenvalue weighted by Crippen LogP contribution is -2.17. The number of pyridine rings is 1. The molecule has 4 nitrogen and oxygen atoms in total. The lowest BCUT2D eigenvalue weighted by Gasteiger charge is -2.14. The number of methoxy groups -OCH3 is 1. The summed E-state index contributed by atoms with van der Waals surface area (Å²) in [6, 6.07) is 6.18. The first-order valence-corrected chi connectivity index (χ1v) is 7.07. The van der Waals surface area contributed by atoms with Crippen LogP contribution >= 0.6 is 0 Å². The molecule has 1 aromatic carbocycles. The van der Waals surface area contributed by atoms with E-state index in [2.05, 4.69) is 9.72 Å². The Morgan fingerprint density at radius 1 is 1.00 bits per heavy atom. The van der Waals surface area contributed by atoms with Gasteiger partial charge in [0.05, 0.1) is 13.3 Å². The molecule has 0 aliphatic carbocycles. The number of nitrogens with zero attached hydrogens (tertiary/aromatic N) is 2. The van der Waals surface area contributed by atoms with E-state index in [1.165, 1.54) is 31.5 Å². The molecule has 3 aromatic rings. The summed E-state index contributed by atoms with van der Waals surface area (Å²) in [5, 5.41) is 0. The lowest BCUT2D eigenvalue weighted by atomic mass is 10.1. The lowest BCUT2D eigenvalue weighted by molar-refractivity contribution is -0.274. The topological polar surface area (TPSA) is 35.8 Å². The van der Waals surface area contributed by atoms with E-state index in [-0.39, 0.29) is 11.4 Å². The van der Waals surface area contributed by atoms with Gasteiger partial charge in [-0.15, -0.1) is 13.2 Å². The highest BCUT2D eigenvalue weighted by molar-refractivity contribution is 5.72. The molecular formula is C16H10F6N2O2. The molecule has 0 bridgehead atoms. The van der Waals surface area contributed by atoms with Crippen LogP contribution in [0.4, 0.5) is 26.3 Å². The van der Waals surface area contributed by atoms with E-state index in [9.17, 15) is 26.3 Å². The van der Waals surface area contributed by atoms with Gasteiger partial charge in [-0.1, -0.05) is 0 Å². The van der Waals surface area contributed by atoms with Crippen molar-refractivity contribution in [2.45, 2.75) is 12.5 Å². The van der Waals surface area contributed by atoms with Gasteiger partial charge in [-0.3, -0.25) is 4.40 Å². The molecule has 2 heterocycles. The van der Waals surface area contributed by atoms with E-state index in [1.54, 1.807) is 0 Å². The summed E-state index contributed by atoms with van der Waals surface area (Å²) in [5.74, 6) is -0.488. The highest BCUT2D eigenvalue weighted by Gasteiger charge is 2.34. The number of fused-ring (bicyclic) bond motifs is 1. The number of imidazole rings is 1. The molecular weight excluding hydrogens is 366 g/mol. The van der Waals surface area contributed by atoms with Crippen molar-refractivity contribution in [3.8, 4) is 22.6 Å². The number of halogens is 6. The van der Waals surface area contributed by atoms with E-state index in [1.807, 2.05) is 0 Å². The van der Waals surface area contributed by atoms with Gasteiger partial charge in [0, 0.05) is 23.4 Å². The van der Waals surface area contributed by atoms with Crippen LogP contribution in [0.25, 0.3) is 16.8 Å². The monoisotopic (exact) mass is 376 g/mol. The Morgan fingerprint density at radius 3 is 2.35 bits per heavy atom. The van der Waals surface area contributed by atoms with Crippen molar-refractivity contribution in [1.29, 1.82) is 0 Å². The fourth-order valence-electron chi connectivity index (χ4n) is 2.46. The molecule has 0 aliphatic heterocycles. The fourth-order valence-corrected chi connectivity index (χ4v) is 2.46. The Kier molecular flexibility index (Phi) is 4.21. The van der Waals surface area contributed by atoms with Crippen LogP contribution < -0.4 is 9.47 Å². The maximum absolute atomic E-state index is 13.0. The molecule has 0 radical (unpaired) electrons. The summed E-state index contributed by atoms with van der Waals surface area (Å²) >= 11 is 0. The zero-order valence-corrected chi connectivity index (χ0v) is 13.0. The van der Waals surface area contributed by atoms with Crippen molar-refractivity contribution in [2.75, 3.05) is 7.11 Å². The molecule has 138 valence electrons. The van der Waals surface area contributed by atoms with Crippen LogP contribution in [-0.4, -0.2) is 22.9 Å². The molecule has 0 fully saturated rings. The fraction of sp³-hybridized carbons (Fsp3) is 0.188. The van der Waals surface area contributed by atoms with Crippen LogP contribution in [-0.2, 0) is 6.18 Å². The van der Waals surface area contributed by atoms with E-state index in [0.717, 1.165) is 16.5 Å². The maximum Gasteiger partial charge on any atom is 0.573 e. The second-order valence-electron chi connectivity index (χ2n) is 5.20. The smallest absolute Gasteiger partial charge is 0.496 e. The molecule has 26 heavy (non-hydrogen) atoms. The number of rotatable bonds is 3. The van der Waals surface area contributed by atoms with Crippen LogP contribution in [0.3, 0.4) is 0 Å². The van der Waals surface area contributed by atoms with Gasteiger partial charge in [-0.05, 0) is 24.3 Å². The summed E-state index contributed by atoms with van der Waals surface area (Å²) in [5.41, 5.74) is -0.287. The largest absolute Gasteiger partial charge is 0.573 e. The molecule has 0 aliphatic rings. The maximum atomic E-state index is 13.0. The standard InChI is InChI=1S/C16H10F6N2O2/c1-25-12-6-10(26-16(20,21)22)3-4-11(12)9-2-5-14-23-7-13(15(17,18)19)24(14)8-9/h2-8H,1H3. The van der Waals surface area contributed by atoms with Gasteiger partial charge in [0.1, 0.15) is 22.8 Å². The molecule has 0 saturated carbocycles. The van der Waals surface area contributed by atoms with Gasteiger partial charge in [0.15, 0.2) is 0 Å². The predicted molar refractivity (Wildman–Crippen MR) is 78.9 cm³/mol. The highest BCUT2D eigenvalue weighted by Crippen LogP contribution is 2.36. The van der Waals surface area contributed by atoms with Crippen molar-refractivity contribution in [3.63, 3.8) is 0 Å². The van der Waals surface area contributed by atoms with Crippen LogP contribution in [0.5, 0.6) is 11.5 Å². The number of hydrogen-bond acceptors (Lipinski definition) is 3. The minimum atomic E-state index is -4.87. The summed E-state index contributed by atoms with van der Waals surface area (Å²) < 4.78 is 85.8. The van der Waals surface area contributed by atoms with Crippen molar-refractivity contribution in [1.82, 2.24) is 9.38 Å². The zero-order chi connectivity index (χ0) is 19.1. The normalized spacial score (nSPS) is 12.4. The van der Waals surface area contributed by atoms with Crippen molar-refractivity contribution >= 4 is 5.65 Å². The predicted octanol–water partition coefficient (Wildman–Crippen LogP) is 4.93. The first-order valence-electron chi connectivity index (χ1n) is 7.07. The first kappa shape index (κ1) is 17.9. The van der Waals surface area contributed by atoms with E-state index < -0.39 is 24.0 Å². The van der Waals surface area contributed by atoms with E-state index in [0.29, 0.717) is 17.3 Å². The third kappa shape index (κ3) is 3.53. The van der Waals surface area contributed by atoms with Gasteiger partial charge in [0.25, 0.3) is 0 Å². The Labute approximate surface area is 142 Å². The van der Waals surface area contributed by atoms with Gasteiger partial charge in [-0.2, -0.15) is 13.2 Å². The second-order valence-corrected chi connectivity index (χ2v) is 5.20. The molecule has 0 unspecified atom stereocenters. The SMILES string of the molecule is COc1cc(OC(F)(F)F)ccc1-c1ccc2ncc(C(F)(F)F)n2c1. The highest BCUT2D eigenvalue weighted by atomic mass is 19.4. The molecule has 0 spiro atoms. The van der Waals surface area contributed by atoms with E-state index >= 15 is 0 Å². The average Bonchev–Trinajstić information content (AvgIpc) is 2.96. The summed E-state index contributed by atoms with van der Waals surface area (Å²) in [6.45, 7) is 0. The first-order chi connectivity index (χ1) is 12.1. The van der Waals surface area contributed by atoms with Crippen molar-refractivity contribution in [3.05, 3.63) is 48.4 Å². The average molecular weight is 376 g/mol. The molecule has 10 heteroatoms. The van der Waals surface area contributed by atoms with E-state index in [4.69, 9.17) is 4.74 Å². The number of hydrogen-bond donors (Lipinski definition) is 0. The zero-order valence-electron chi connectivity index (χ0n) is 13.0. The number of alkyl halides is 6. The van der Waals surface area contributed by atoms with Crippen LogP contribution in [0.15, 0.2) is 42.7 Å². The summed E-state index contributed by atoms with van der Waals surface area (Å²) in [4.78, 5) is 3.68. The van der Waals surface area contributed by atoms with Gasteiger partial charge < -0.3 is 9.47 Å². The molecule has 0 amide bonds. The Bertz CT molecular complexity index is 946. The van der Waals surface area contributed by atoms with Gasteiger partial charge >= 0.3 is 12.5 Å². The third-order valence-electron chi connectivity index (χ3n) is 3.51. The van der Waals surface area contributed by atoms with Crippen LogP contribution in [0.2, 0.25) is 0 Å². The molecule has 3 rings (SSSR count). The van der Waals surface area contributed by atoms with Gasteiger partial charge in [0.2, 0.25) is 0 Å². The Hall–Kier alpha value is -2.91. The number of aromatic nitrogens is 2. The molecule has 0 atom stereocenters. The summed E-state index contributed by atoms with van der Waals surface area (Å²) in [6.07, 6.45) is -7.58. The molecule has 0 saturated heterocycles. The minimum Gasteiger partial charge on any atom is -0.496 e. The number of benzene rings is 1. The second kappa shape index (κ2) is 6.11. The summed E-state index contributed by atoms with van der Waals surface area (Å²) in [7, 11) is 1.23. The van der Waals surface area contributed by atoms with Crippen molar-refractivity contribution < 1.29 is 35.8 Å². The Morgan fingerprint density at radius 2 is 1.73 bits per heavy atom. The third-order valence-corrected chi connectivity index (χ3v) is 3.51. The van der Waals surface area contributed by atoms with Gasteiger partial charge in [-0.25, -0.2) is 4.98 Å². The number of ether oxygens (including phenoxy) is 2. The van der Waals surface area contributed by atoms with Crippen LogP contribution in [0, 0.1) is 0 Å². The Balaban J connectivity index is 2.08.